The number of aromatic nitrogens is 3. The van der Waals surface area contributed by atoms with Crippen molar-refractivity contribution < 1.29 is 4.79 Å². The van der Waals surface area contributed by atoms with Crippen molar-refractivity contribution in [2.24, 2.45) is 5.92 Å². The van der Waals surface area contributed by atoms with Crippen LogP contribution in [0.4, 0.5) is 11.9 Å². The second-order valence-electron chi connectivity index (χ2n) is 8.12. The summed E-state index contributed by atoms with van der Waals surface area (Å²) in [5, 5.41) is 3.44. The molecular weight excluding hydrogens is 328 g/mol. The standard InChI is InChI=1S/C19H32N6O/c1-13(2)16-21-18(23-19(22-16)24(3)4)20-15-10-11-25(12-15)17(26)14-8-6-5-7-9-14/h13-15H,5-12H2,1-4H3,(H,20,21,22,23). The van der Waals surface area contributed by atoms with Crippen LogP contribution in [0.5, 0.6) is 0 Å². The number of anilines is 2. The van der Waals surface area contributed by atoms with Crippen LogP contribution in [0.3, 0.4) is 0 Å². The SMILES string of the molecule is CC(C)c1nc(NC2CCN(C(=O)C3CCCCC3)C2)nc(N(C)C)n1. The van der Waals surface area contributed by atoms with Crippen LogP contribution < -0.4 is 10.2 Å². The van der Waals surface area contributed by atoms with Gasteiger partial charge in [-0.3, -0.25) is 4.79 Å². The maximum Gasteiger partial charge on any atom is 0.229 e. The number of nitrogens with one attached hydrogen (secondary N) is 1. The summed E-state index contributed by atoms with van der Waals surface area (Å²) < 4.78 is 0. The quantitative estimate of drug-likeness (QED) is 0.870. The number of hydrogen-bond donors (Lipinski definition) is 1. The zero-order chi connectivity index (χ0) is 18.7. The third-order valence-corrected chi connectivity index (χ3v) is 5.34. The minimum atomic E-state index is 0.208. The second kappa shape index (κ2) is 8.18. The fraction of sp³-hybridized carbons (Fsp3) is 0.789. The zero-order valence-corrected chi connectivity index (χ0v) is 16.5. The highest BCUT2D eigenvalue weighted by atomic mass is 16.2. The molecule has 1 aromatic heterocycles. The Morgan fingerprint density at radius 2 is 1.85 bits per heavy atom. The average Bonchev–Trinajstić information content (AvgIpc) is 3.09. The van der Waals surface area contributed by atoms with Crippen molar-refractivity contribution >= 4 is 17.8 Å². The molecule has 7 nitrogen and oxygen atoms in total. The normalized spacial score (nSPS) is 21.3. The summed E-state index contributed by atoms with van der Waals surface area (Å²) in [6.45, 7) is 5.74. The Hall–Kier alpha value is -1.92. The van der Waals surface area contributed by atoms with Gasteiger partial charge < -0.3 is 15.1 Å². The Bertz CT molecular complexity index is 600. The Kier molecular flexibility index (Phi) is 5.94. The van der Waals surface area contributed by atoms with E-state index in [4.69, 9.17) is 0 Å². The van der Waals surface area contributed by atoms with Crippen LogP contribution in [0.25, 0.3) is 0 Å². The van der Waals surface area contributed by atoms with E-state index in [9.17, 15) is 4.79 Å². The van der Waals surface area contributed by atoms with Crippen LogP contribution in [0.1, 0.15) is 64.1 Å². The molecule has 0 aromatic carbocycles. The van der Waals surface area contributed by atoms with Crippen molar-refractivity contribution in [3.8, 4) is 0 Å². The van der Waals surface area contributed by atoms with Crippen molar-refractivity contribution in [2.75, 3.05) is 37.4 Å². The molecule has 1 N–H and O–H groups in total. The van der Waals surface area contributed by atoms with Crippen LogP contribution >= 0.6 is 0 Å². The molecule has 7 heteroatoms. The van der Waals surface area contributed by atoms with E-state index in [1.54, 1.807) is 0 Å². The summed E-state index contributed by atoms with van der Waals surface area (Å²) >= 11 is 0. The van der Waals surface area contributed by atoms with Crippen molar-refractivity contribution in [3.05, 3.63) is 5.82 Å². The van der Waals surface area contributed by atoms with Gasteiger partial charge in [0.15, 0.2) is 0 Å². The highest BCUT2D eigenvalue weighted by molar-refractivity contribution is 5.79. The lowest BCUT2D eigenvalue weighted by atomic mass is 9.88. The molecule has 1 unspecified atom stereocenters. The molecule has 1 aliphatic heterocycles. The van der Waals surface area contributed by atoms with E-state index in [1.165, 1.54) is 19.3 Å². The van der Waals surface area contributed by atoms with Gasteiger partial charge in [0, 0.05) is 45.1 Å². The lowest BCUT2D eigenvalue weighted by molar-refractivity contribution is -0.135. The third kappa shape index (κ3) is 4.43. The predicted molar refractivity (Wildman–Crippen MR) is 103 cm³/mol. The summed E-state index contributed by atoms with van der Waals surface area (Å²) in [4.78, 5) is 30.3. The first kappa shape index (κ1) is 18.9. The summed E-state index contributed by atoms with van der Waals surface area (Å²) in [5.74, 6) is 2.90. The topological polar surface area (TPSA) is 74.2 Å². The van der Waals surface area contributed by atoms with E-state index in [0.717, 1.165) is 38.2 Å². The van der Waals surface area contributed by atoms with E-state index < -0.39 is 0 Å². The van der Waals surface area contributed by atoms with Crippen LogP contribution in [-0.2, 0) is 4.79 Å². The smallest absolute Gasteiger partial charge is 0.229 e. The number of hydrogen-bond acceptors (Lipinski definition) is 6. The molecule has 1 aliphatic carbocycles. The fourth-order valence-corrected chi connectivity index (χ4v) is 3.77. The van der Waals surface area contributed by atoms with Gasteiger partial charge in [0.05, 0.1) is 0 Å². The molecule has 1 amide bonds. The van der Waals surface area contributed by atoms with Gasteiger partial charge in [0.2, 0.25) is 17.8 Å². The Labute approximate surface area is 156 Å². The molecule has 3 rings (SSSR count). The van der Waals surface area contributed by atoms with Crippen molar-refractivity contribution in [1.29, 1.82) is 0 Å². The van der Waals surface area contributed by atoms with E-state index in [2.05, 4.69) is 34.1 Å². The lowest BCUT2D eigenvalue weighted by Crippen LogP contribution is -2.37. The molecule has 2 heterocycles. The van der Waals surface area contributed by atoms with E-state index >= 15 is 0 Å². The molecule has 0 bridgehead atoms. The van der Waals surface area contributed by atoms with E-state index in [1.807, 2.05) is 23.9 Å². The van der Waals surface area contributed by atoms with Gasteiger partial charge in [-0.1, -0.05) is 33.1 Å². The monoisotopic (exact) mass is 360 g/mol. The van der Waals surface area contributed by atoms with Crippen molar-refractivity contribution in [2.45, 2.75) is 64.3 Å². The zero-order valence-electron chi connectivity index (χ0n) is 16.5. The first-order valence-electron chi connectivity index (χ1n) is 9.92. The molecule has 2 aliphatic rings. The first-order valence-corrected chi connectivity index (χ1v) is 9.92. The molecule has 0 radical (unpaired) electrons. The molecular formula is C19H32N6O. The van der Waals surface area contributed by atoms with Gasteiger partial charge in [-0.05, 0) is 19.3 Å². The van der Waals surface area contributed by atoms with Gasteiger partial charge >= 0.3 is 0 Å². The Morgan fingerprint density at radius 1 is 1.12 bits per heavy atom. The van der Waals surface area contributed by atoms with Gasteiger partial charge in [-0.15, -0.1) is 0 Å². The molecule has 2 fully saturated rings. The largest absolute Gasteiger partial charge is 0.349 e. The molecule has 1 saturated carbocycles. The number of carbonyl (C=O) groups excluding carboxylic acids is 1. The molecule has 1 saturated heterocycles. The lowest BCUT2D eigenvalue weighted by Gasteiger charge is -2.26. The van der Waals surface area contributed by atoms with E-state index in [-0.39, 0.29) is 17.9 Å². The van der Waals surface area contributed by atoms with Crippen LogP contribution in [0, 0.1) is 5.92 Å². The van der Waals surface area contributed by atoms with Gasteiger partial charge in [-0.2, -0.15) is 15.0 Å². The second-order valence-corrected chi connectivity index (χ2v) is 8.12. The minimum absolute atomic E-state index is 0.208. The molecule has 0 spiro atoms. The molecule has 1 aromatic rings. The Morgan fingerprint density at radius 3 is 2.50 bits per heavy atom. The van der Waals surface area contributed by atoms with Crippen LogP contribution in [0.2, 0.25) is 0 Å². The summed E-state index contributed by atoms with van der Waals surface area (Å²) in [6, 6.07) is 0.208. The van der Waals surface area contributed by atoms with Crippen molar-refractivity contribution in [3.63, 3.8) is 0 Å². The fourth-order valence-electron chi connectivity index (χ4n) is 3.77. The highest BCUT2D eigenvalue weighted by Crippen LogP contribution is 2.27. The highest BCUT2D eigenvalue weighted by Gasteiger charge is 2.31. The number of nitrogens with zero attached hydrogens (tertiary/aromatic N) is 5. The average molecular weight is 361 g/mol. The number of carbonyl (C=O) groups is 1. The van der Waals surface area contributed by atoms with Crippen LogP contribution in [0.15, 0.2) is 0 Å². The molecule has 144 valence electrons. The Balaban J connectivity index is 1.63. The predicted octanol–water partition coefficient (Wildman–Crippen LogP) is 2.65. The van der Waals surface area contributed by atoms with Gasteiger partial charge in [-0.25, -0.2) is 0 Å². The maximum atomic E-state index is 12.7. The maximum absolute atomic E-state index is 12.7. The van der Waals surface area contributed by atoms with Gasteiger partial charge in [0.1, 0.15) is 5.82 Å². The number of rotatable bonds is 5. The van der Waals surface area contributed by atoms with Crippen molar-refractivity contribution in [1.82, 2.24) is 19.9 Å². The van der Waals surface area contributed by atoms with E-state index in [0.29, 0.717) is 17.8 Å². The van der Waals surface area contributed by atoms with Gasteiger partial charge in [0.25, 0.3) is 0 Å². The molecule has 26 heavy (non-hydrogen) atoms. The first-order chi connectivity index (χ1) is 12.4. The summed E-state index contributed by atoms with van der Waals surface area (Å²) in [7, 11) is 3.87. The third-order valence-electron chi connectivity index (χ3n) is 5.34. The minimum Gasteiger partial charge on any atom is -0.349 e. The number of likely N-dealkylation sites (tertiary alicyclic amines) is 1. The van der Waals surface area contributed by atoms with Crippen LogP contribution in [-0.4, -0.2) is 59.0 Å². The summed E-state index contributed by atoms with van der Waals surface area (Å²) in [5.41, 5.74) is 0. The molecule has 1 atom stereocenters. The number of amides is 1. The summed E-state index contributed by atoms with van der Waals surface area (Å²) in [6.07, 6.45) is 6.73.